The first-order valence-electron chi connectivity index (χ1n) is 9.87. The highest BCUT2D eigenvalue weighted by Gasteiger charge is 2.30. The third-order valence-electron chi connectivity index (χ3n) is 5.70. The summed E-state index contributed by atoms with van der Waals surface area (Å²) in [4.78, 5) is 42.5. The lowest BCUT2D eigenvalue weighted by Crippen LogP contribution is -2.45. The van der Waals surface area contributed by atoms with Crippen LogP contribution in [0, 0.1) is 5.92 Å². The van der Waals surface area contributed by atoms with E-state index in [1.165, 1.54) is 0 Å². The summed E-state index contributed by atoms with van der Waals surface area (Å²) >= 11 is 0. The highest BCUT2D eigenvalue weighted by atomic mass is 16.2. The summed E-state index contributed by atoms with van der Waals surface area (Å²) in [7, 11) is 1.95. The Morgan fingerprint density at radius 2 is 1.63 bits per heavy atom. The number of carbonyl (C=O) groups excluding carboxylic acids is 3. The summed E-state index contributed by atoms with van der Waals surface area (Å²) in [5.74, 6) is 0.413. The second-order valence-corrected chi connectivity index (χ2v) is 7.70. The van der Waals surface area contributed by atoms with Crippen LogP contribution < -0.4 is 0 Å². The third-order valence-corrected chi connectivity index (χ3v) is 5.70. The SMILES string of the molecule is CC(=O)N1CCC(C(=O)N2CCCN(C(=O)Cc3ccn(C)c3)CC2)CC1. The van der Waals surface area contributed by atoms with Crippen molar-refractivity contribution in [3.05, 3.63) is 24.0 Å². The number of amides is 3. The Labute approximate surface area is 160 Å². The number of piperidine rings is 1. The Kier molecular flexibility index (Phi) is 6.19. The zero-order valence-electron chi connectivity index (χ0n) is 16.4. The van der Waals surface area contributed by atoms with Gasteiger partial charge < -0.3 is 19.3 Å². The van der Waals surface area contributed by atoms with E-state index >= 15 is 0 Å². The number of aromatic nitrogens is 1. The van der Waals surface area contributed by atoms with Crippen LogP contribution in [-0.2, 0) is 27.9 Å². The van der Waals surface area contributed by atoms with Crippen LogP contribution in [0.15, 0.2) is 18.5 Å². The fourth-order valence-electron chi connectivity index (χ4n) is 4.04. The van der Waals surface area contributed by atoms with Gasteiger partial charge in [0.15, 0.2) is 0 Å². The molecular weight excluding hydrogens is 344 g/mol. The largest absolute Gasteiger partial charge is 0.357 e. The Bertz CT molecular complexity index is 691. The summed E-state index contributed by atoms with van der Waals surface area (Å²) in [6.07, 6.45) is 6.63. The van der Waals surface area contributed by atoms with E-state index in [1.807, 2.05) is 44.8 Å². The van der Waals surface area contributed by atoms with Gasteiger partial charge in [0.25, 0.3) is 0 Å². The number of nitrogens with zero attached hydrogens (tertiary/aromatic N) is 4. The van der Waals surface area contributed by atoms with E-state index < -0.39 is 0 Å². The molecule has 27 heavy (non-hydrogen) atoms. The average molecular weight is 374 g/mol. The average Bonchev–Trinajstić information content (AvgIpc) is 2.92. The second-order valence-electron chi connectivity index (χ2n) is 7.70. The normalized spacial score (nSPS) is 19.1. The van der Waals surface area contributed by atoms with Crippen molar-refractivity contribution in [1.82, 2.24) is 19.3 Å². The molecule has 0 aromatic carbocycles. The number of hydrogen-bond acceptors (Lipinski definition) is 3. The number of likely N-dealkylation sites (tertiary alicyclic amines) is 1. The number of carbonyl (C=O) groups is 3. The molecule has 0 atom stereocenters. The van der Waals surface area contributed by atoms with E-state index in [4.69, 9.17) is 0 Å². The minimum Gasteiger partial charge on any atom is -0.357 e. The van der Waals surface area contributed by atoms with Gasteiger partial charge in [0.05, 0.1) is 6.42 Å². The van der Waals surface area contributed by atoms with Gasteiger partial charge in [-0.05, 0) is 30.9 Å². The van der Waals surface area contributed by atoms with E-state index in [-0.39, 0.29) is 23.6 Å². The van der Waals surface area contributed by atoms with E-state index in [9.17, 15) is 14.4 Å². The summed E-state index contributed by atoms with van der Waals surface area (Å²) in [6.45, 7) is 5.54. The van der Waals surface area contributed by atoms with Gasteiger partial charge in [0.2, 0.25) is 17.7 Å². The minimum absolute atomic E-state index is 0.00664. The summed E-state index contributed by atoms with van der Waals surface area (Å²) in [6, 6.07) is 1.97. The van der Waals surface area contributed by atoms with Crippen molar-refractivity contribution >= 4 is 17.7 Å². The molecule has 2 aliphatic heterocycles. The van der Waals surface area contributed by atoms with E-state index in [0.717, 1.165) is 24.8 Å². The molecule has 2 saturated heterocycles. The predicted molar refractivity (Wildman–Crippen MR) is 102 cm³/mol. The van der Waals surface area contributed by atoms with Crippen LogP contribution in [0.2, 0.25) is 0 Å². The highest BCUT2D eigenvalue weighted by Crippen LogP contribution is 2.21. The van der Waals surface area contributed by atoms with Crippen LogP contribution in [0.25, 0.3) is 0 Å². The first-order chi connectivity index (χ1) is 12.9. The van der Waals surface area contributed by atoms with Gasteiger partial charge >= 0.3 is 0 Å². The maximum absolute atomic E-state index is 12.9. The van der Waals surface area contributed by atoms with Crippen molar-refractivity contribution in [2.75, 3.05) is 39.3 Å². The van der Waals surface area contributed by atoms with Gasteiger partial charge in [-0.1, -0.05) is 0 Å². The van der Waals surface area contributed by atoms with Gasteiger partial charge in [-0.15, -0.1) is 0 Å². The van der Waals surface area contributed by atoms with Crippen molar-refractivity contribution in [2.45, 2.75) is 32.6 Å². The molecule has 1 aromatic heterocycles. The van der Waals surface area contributed by atoms with Crippen molar-refractivity contribution < 1.29 is 14.4 Å². The van der Waals surface area contributed by atoms with Gasteiger partial charge in [0, 0.05) is 71.6 Å². The molecular formula is C20H30N4O3. The van der Waals surface area contributed by atoms with E-state index in [1.54, 1.807) is 6.92 Å². The molecule has 1 aromatic rings. The van der Waals surface area contributed by atoms with Crippen molar-refractivity contribution in [2.24, 2.45) is 13.0 Å². The summed E-state index contributed by atoms with van der Waals surface area (Å²) < 4.78 is 1.95. The van der Waals surface area contributed by atoms with Crippen molar-refractivity contribution in [3.63, 3.8) is 0 Å². The Hall–Kier alpha value is -2.31. The zero-order valence-corrected chi connectivity index (χ0v) is 16.4. The van der Waals surface area contributed by atoms with Gasteiger partial charge in [-0.25, -0.2) is 0 Å². The molecule has 0 unspecified atom stereocenters. The predicted octanol–water partition coefficient (Wildman–Crippen LogP) is 0.887. The van der Waals surface area contributed by atoms with Crippen LogP contribution in [0.1, 0.15) is 31.7 Å². The Balaban J connectivity index is 1.50. The minimum atomic E-state index is 0.00664. The first kappa shape index (κ1) is 19.5. The molecule has 148 valence electrons. The number of hydrogen-bond donors (Lipinski definition) is 0. The van der Waals surface area contributed by atoms with Crippen LogP contribution >= 0.6 is 0 Å². The lowest BCUT2D eigenvalue weighted by atomic mass is 9.95. The zero-order chi connectivity index (χ0) is 19.4. The Morgan fingerprint density at radius 3 is 2.26 bits per heavy atom. The fourth-order valence-corrected chi connectivity index (χ4v) is 4.04. The summed E-state index contributed by atoms with van der Waals surface area (Å²) in [5, 5.41) is 0. The van der Waals surface area contributed by atoms with Gasteiger partial charge in [-0.2, -0.15) is 0 Å². The van der Waals surface area contributed by atoms with Crippen molar-refractivity contribution in [3.8, 4) is 0 Å². The first-order valence-corrected chi connectivity index (χ1v) is 9.87. The van der Waals surface area contributed by atoms with Crippen LogP contribution in [0.5, 0.6) is 0 Å². The molecule has 2 aliphatic rings. The molecule has 3 heterocycles. The maximum Gasteiger partial charge on any atom is 0.227 e. The molecule has 7 nitrogen and oxygen atoms in total. The smallest absolute Gasteiger partial charge is 0.227 e. The standard InChI is InChI=1S/C20H30N4O3/c1-16(25)22-10-5-18(6-11-22)20(27)24-8-3-7-23(12-13-24)19(26)14-17-4-9-21(2)15-17/h4,9,15,18H,3,5-8,10-14H2,1-2H3. The molecule has 7 heteroatoms. The molecule has 3 amide bonds. The highest BCUT2D eigenvalue weighted by molar-refractivity contribution is 5.81. The van der Waals surface area contributed by atoms with Crippen LogP contribution in [-0.4, -0.2) is 76.3 Å². The number of rotatable bonds is 3. The quantitative estimate of drug-likeness (QED) is 0.789. The molecule has 0 bridgehead atoms. The molecule has 2 fully saturated rings. The molecule has 0 saturated carbocycles. The van der Waals surface area contributed by atoms with Crippen LogP contribution in [0.4, 0.5) is 0 Å². The molecule has 0 N–H and O–H groups in total. The summed E-state index contributed by atoms with van der Waals surface area (Å²) in [5.41, 5.74) is 1.02. The monoisotopic (exact) mass is 374 g/mol. The topological polar surface area (TPSA) is 65.9 Å². The molecule has 0 radical (unpaired) electrons. The number of aryl methyl sites for hydroxylation is 1. The van der Waals surface area contributed by atoms with Gasteiger partial charge in [0.1, 0.15) is 0 Å². The van der Waals surface area contributed by atoms with Crippen LogP contribution in [0.3, 0.4) is 0 Å². The molecule has 0 aliphatic carbocycles. The molecule has 3 rings (SSSR count). The lowest BCUT2D eigenvalue weighted by molar-refractivity contribution is -0.140. The lowest BCUT2D eigenvalue weighted by Gasteiger charge is -2.33. The maximum atomic E-state index is 12.9. The van der Waals surface area contributed by atoms with E-state index in [0.29, 0.717) is 45.7 Å². The second kappa shape index (κ2) is 8.59. The fraction of sp³-hybridized carbons (Fsp3) is 0.650. The van der Waals surface area contributed by atoms with E-state index in [2.05, 4.69) is 0 Å². The Morgan fingerprint density at radius 1 is 0.963 bits per heavy atom. The van der Waals surface area contributed by atoms with Crippen molar-refractivity contribution in [1.29, 1.82) is 0 Å². The van der Waals surface area contributed by atoms with Gasteiger partial charge in [-0.3, -0.25) is 14.4 Å². The third kappa shape index (κ3) is 4.90. The molecule has 0 spiro atoms.